The van der Waals surface area contributed by atoms with Gasteiger partial charge in [-0.05, 0) is 19.8 Å². The van der Waals surface area contributed by atoms with Crippen LogP contribution in [0, 0.1) is 11.8 Å². The monoisotopic (exact) mass is 179 g/mol. The molecule has 0 aliphatic rings. The lowest BCUT2D eigenvalue weighted by Gasteiger charge is -2.01. The van der Waals surface area contributed by atoms with E-state index < -0.39 is 0 Å². The minimum atomic E-state index is 0.998. The highest BCUT2D eigenvalue weighted by molar-refractivity contribution is 4.98. The van der Waals surface area contributed by atoms with Crippen LogP contribution in [0.15, 0.2) is 12.3 Å². The van der Waals surface area contributed by atoms with E-state index in [1.54, 1.807) is 0 Å². The maximum Gasteiger partial charge on any atom is 0.0152 e. The Hall–Kier alpha value is -0.900. The highest BCUT2D eigenvalue weighted by Gasteiger charge is 1.83. The Kier molecular flexibility index (Phi) is 8.55. The first-order chi connectivity index (χ1) is 6.27. The number of rotatable bonds is 6. The average molecular weight is 179 g/mol. The number of nitrogens with one attached hydrogen (secondary N) is 1. The van der Waals surface area contributed by atoms with Gasteiger partial charge in [-0.2, -0.15) is 0 Å². The van der Waals surface area contributed by atoms with Crippen LogP contribution in [0.3, 0.4) is 0 Å². The predicted molar refractivity (Wildman–Crippen MR) is 59.4 cm³/mol. The van der Waals surface area contributed by atoms with Gasteiger partial charge in [0, 0.05) is 25.1 Å². The highest BCUT2D eigenvalue weighted by atomic mass is 14.9. The normalized spacial score (nSPS) is 8.77. The number of allylic oxidation sites excluding steroid dienone is 1. The van der Waals surface area contributed by atoms with Crippen molar-refractivity contribution in [1.82, 2.24) is 5.32 Å². The predicted octanol–water partition coefficient (Wildman–Crippen LogP) is 3.08. The van der Waals surface area contributed by atoms with Crippen LogP contribution in [0.2, 0.25) is 0 Å². The molecule has 0 aromatic rings. The van der Waals surface area contributed by atoms with Gasteiger partial charge >= 0.3 is 0 Å². The first kappa shape index (κ1) is 12.1. The van der Waals surface area contributed by atoms with E-state index in [1.807, 2.05) is 6.92 Å². The van der Waals surface area contributed by atoms with Crippen LogP contribution in [-0.2, 0) is 0 Å². The molecule has 1 N–H and O–H groups in total. The Morgan fingerprint density at radius 2 is 1.85 bits per heavy atom. The molecule has 0 aromatic heterocycles. The lowest BCUT2D eigenvalue weighted by atomic mass is 10.2. The summed E-state index contributed by atoms with van der Waals surface area (Å²) in [5.41, 5.74) is 1.04. The summed E-state index contributed by atoms with van der Waals surface area (Å²) in [5, 5.41) is 3.19. The maximum atomic E-state index is 3.77. The maximum absolute atomic E-state index is 3.77. The highest BCUT2D eigenvalue weighted by Crippen LogP contribution is 1.92. The van der Waals surface area contributed by atoms with Gasteiger partial charge in [0.15, 0.2) is 0 Å². The Labute approximate surface area is 82.6 Å². The van der Waals surface area contributed by atoms with E-state index >= 15 is 0 Å². The van der Waals surface area contributed by atoms with E-state index in [9.17, 15) is 0 Å². The van der Waals surface area contributed by atoms with E-state index in [1.165, 1.54) is 12.8 Å². The Morgan fingerprint density at radius 3 is 2.38 bits per heavy atom. The Balaban J connectivity index is 3.13. The molecule has 13 heavy (non-hydrogen) atoms. The van der Waals surface area contributed by atoms with Crippen molar-refractivity contribution in [3.8, 4) is 11.8 Å². The second-order valence-electron chi connectivity index (χ2n) is 3.27. The van der Waals surface area contributed by atoms with Crippen LogP contribution in [0.5, 0.6) is 0 Å². The Bertz CT molecular complexity index is 183. The molecule has 0 fully saturated rings. The molecule has 0 heterocycles. The zero-order valence-electron chi connectivity index (χ0n) is 8.95. The third kappa shape index (κ3) is 11.1. The largest absolute Gasteiger partial charge is 0.389 e. The summed E-state index contributed by atoms with van der Waals surface area (Å²) >= 11 is 0. The van der Waals surface area contributed by atoms with Gasteiger partial charge in [-0.15, -0.1) is 11.8 Å². The summed E-state index contributed by atoms with van der Waals surface area (Å²) in [6.07, 6.45) is 5.66. The van der Waals surface area contributed by atoms with Crippen molar-refractivity contribution < 1.29 is 0 Å². The number of hydrogen-bond donors (Lipinski definition) is 1. The van der Waals surface area contributed by atoms with E-state index in [2.05, 4.69) is 30.7 Å². The van der Waals surface area contributed by atoms with Crippen molar-refractivity contribution in [1.29, 1.82) is 0 Å². The topological polar surface area (TPSA) is 12.0 Å². The molecule has 1 nitrogen and oxygen atoms in total. The molecule has 0 saturated heterocycles. The lowest BCUT2D eigenvalue weighted by molar-refractivity contribution is 0.742. The van der Waals surface area contributed by atoms with E-state index in [-0.39, 0.29) is 0 Å². The summed E-state index contributed by atoms with van der Waals surface area (Å²) < 4.78 is 0. The fraction of sp³-hybridized carbons (Fsp3) is 0.667. The molecule has 0 atom stereocenters. The van der Waals surface area contributed by atoms with Crippen molar-refractivity contribution in [3.05, 3.63) is 12.3 Å². The van der Waals surface area contributed by atoms with Crippen LogP contribution < -0.4 is 5.32 Å². The van der Waals surface area contributed by atoms with Crippen LogP contribution in [-0.4, -0.2) is 6.54 Å². The van der Waals surface area contributed by atoms with Gasteiger partial charge in [-0.1, -0.05) is 19.9 Å². The van der Waals surface area contributed by atoms with Crippen molar-refractivity contribution in [2.45, 2.75) is 46.0 Å². The quantitative estimate of drug-likeness (QED) is 0.488. The third-order valence-electron chi connectivity index (χ3n) is 1.69. The average Bonchev–Trinajstić information content (AvgIpc) is 2.09. The number of unbranched alkanes of at least 4 members (excludes halogenated alkanes) is 3. The fourth-order valence-corrected chi connectivity index (χ4v) is 0.920. The molecule has 0 rings (SSSR count). The summed E-state index contributed by atoms with van der Waals surface area (Å²) in [7, 11) is 0. The smallest absolute Gasteiger partial charge is 0.0152 e. The molecule has 0 aliphatic carbocycles. The van der Waals surface area contributed by atoms with Crippen molar-refractivity contribution in [3.63, 3.8) is 0 Å². The zero-order valence-corrected chi connectivity index (χ0v) is 8.95. The minimum Gasteiger partial charge on any atom is -0.389 e. The van der Waals surface area contributed by atoms with Gasteiger partial charge in [-0.3, -0.25) is 0 Å². The summed E-state index contributed by atoms with van der Waals surface area (Å²) in [5.74, 6) is 6.35. The molecule has 74 valence electrons. The SMILES string of the molecule is C=C(C)NCCCC#CCCCC. The molecule has 0 aliphatic heterocycles. The van der Waals surface area contributed by atoms with Gasteiger partial charge in [0.1, 0.15) is 0 Å². The summed E-state index contributed by atoms with van der Waals surface area (Å²) in [4.78, 5) is 0. The third-order valence-corrected chi connectivity index (χ3v) is 1.69. The molecule has 0 saturated carbocycles. The zero-order chi connectivity index (χ0) is 9.94. The van der Waals surface area contributed by atoms with Crippen LogP contribution in [0.4, 0.5) is 0 Å². The van der Waals surface area contributed by atoms with Crippen LogP contribution in [0.1, 0.15) is 46.0 Å². The molecule has 0 aromatic carbocycles. The fourth-order valence-electron chi connectivity index (χ4n) is 0.920. The van der Waals surface area contributed by atoms with Crippen LogP contribution in [0.25, 0.3) is 0 Å². The molecular formula is C12H21N. The second kappa shape index (κ2) is 9.19. The van der Waals surface area contributed by atoms with Gasteiger partial charge in [0.2, 0.25) is 0 Å². The van der Waals surface area contributed by atoms with Crippen molar-refractivity contribution in [2.24, 2.45) is 0 Å². The molecule has 0 unspecified atom stereocenters. The van der Waals surface area contributed by atoms with E-state index in [0.717, 1.165) is 31.5 Å². The number of hydrogen-bond acceptors (Lipinski definition) is 1. The molecule has 0 spiro atoms. The van der Waals surface area contributed by atoms with Gasteiger partial charge in [-0.25, -0.2) is 0 Å². The first-order valence-corrected chi connectivity index (χ1v) is 5.12. The molecule has 0 amide bonds. The lowest BCUT2D eigenvalue weighted by Crippen LogP contribution is -2.10. The molecule has 0 radical (unpaired) electrons. The first-order valence-electron chi connectivity index (χ1n) is 5.12. The van der Waals surface area contributed by atoms with Gasteiger partial charge in [0.25, 0.3) is 0 Å². The van der Waals surface area contributed by atoms with Crippen LogP contribution >= 0.6 is 0 Å². The second-order valence-corrected chi connectivity index (χ2v) is 3.27. The molecule has 0 bridgehead atoms. The van der Waals surface area contributed by atoms with Crippen molar-refractivity contribution in [2.75, 3.05) is 6.54 Å². The summed E-state index contributed by atoms with van der Waals surface area (Å²) in [6.45, 7) is 8.94. The molecular weight excluding hydrogens is 158 g/mol. The van der Waals surface area contributed by atoms with Crippen molar-refractivity contribution >= 4 is 0 Å². The van der Waals surface area contributed by atoms with Gasteiger partial charge < -0.3 is 5.32 Å². The van der Waals surface area contributed by atoms with E-state index in [4.69, 9.17) is 0 Å². The minimum absolute atomic E-state index is 0.998. The van der Waals surface area contributed by atoms with E-state index in [0.29, 0.717) is 0 Å². The summed E-state index contributed by atoms with van der Waals surface area (Å²) in [6, 6.07) is 0. The Morgan fingerprint density at radius 1 is 1.23 bits per heavy atom. The molecule has 1 heteroatoms. The van der Waals surface area contributed by atoms with Gasteiger partial charge in [0.05, 0.1) is 0 Å². The standard InChI is InChI=1S/C12H21N/c1-4-5-6-7-8-9-10-11-13-12(2)3/h13H,2,4-6,9-11H2,1,3H3.